The van der Waals surface area contributed by atoms with E-state index in [1.807, 2.05) is 12.1 Å². The topological polar surface area (TPSA) is 63.4 Å². The average molecular weight is 359 g/mol. The summed E-state index contributed by atoms with van der Waals surface area (Å²) in [6, 6.07) is 5.49. The van der Waals surface area contributed by atoms with Crippen LogP contribution >= 0.6 is 11.6 Å². The number of hydrogen-bond donors (Lipinski definition) is 1. The smallest absolute Gasteiger partial charge is 0.303 e. The number of rotatable bonds is 4. The maximum Gasteiger partial charge on any atom is 0.303 e. The molecule has 25 heavy (non-hydrogen) atoms. The lowest BCUT2D eigenvalue weighted by Gasteiger charge is -2.39. The van der Waals surface area contributed by atoms with Crippen molar-refractivity contribution < 1.29 is 9.59 Å². The number of benzene rings is 1. The molecule has 0 aliphatic heterocycles. The van der Waals surface area contributed by atoms with Crippen LogP contribution in [0.25, 0.3) is 0 Å². The summed E-state index contributed by atoms with van der Waals surface area (Å²) in [5.74, 6) is 1.56. The van der Waals surface area contributed by atoms with Crippen LogP contribution in [0.1, 0.15) is 57.4 Å². The van der Waals surface area contributed by atoms with E-state index in [1.165, 1.54) is 4.90 Å². The number of nitrogens with zero attached hydrogens (tertiary/aromatic N) is 1. The van der Waals surface area contributed by atoms with Crippen molar-refractivity contribution in [3.05, 3.63) is 28.8 Å². The molecule has 2 amide bonds. The third kappa shape index (κ3) is 3.14. The van der Waals surface area contributed by atoms with Crippen LogP contribution in [0, 0.1) is 17.8 Å². The maximum absolute atomic E-state index is 12.6. The van der Waals surface area contributed by atoms with Gasteiger partial charge in [0.15, 0.2) is 0 Å². The van der Waals surface area contributed by atoms with E-state index in [2.05, 4.69) is 19.8 Å². The van der Waals surface area contributed by atoms with Crippen molar-refractivity contribution >= 4 is 29.1 Å². The number of terminal acetylenes is 1. The van der Waals surface area contributed by atoms with Gasteiger partial charge in [0.05, 0.1) is 0 Å². The first-order chi connectivity index (χ1) is 11.7. The Labute approximate surface area is 153 Å². The SMILES string of the molecule is C#CC(=O)N(c1ccc(C2CC2)c(Cl)c1)C1(C(N)=O)CCC(C)(C)C1. The van der Waals surface area contributed by atoms with Gasteiger partial charge >= 0.3 is 5.91 Å². The Morgan fingerprint density at radius 3 is 2.44 bits per heavy atom. The van der Waals surface area contributed by atoms with Gasteiger partial charge in [-0.25, -0.2) is 0 Å². The van der Waals surface area contributed by atoms with Gasteiger partial charge in [0.1, 0.15) is 5.54 Å². The molecule has 2 fully saturated rings. The summed E-state index contributed by atoms with van der Waals surface area (Å²) in [4.78, 5) is 26.4. The lowest BCUT2D eigenvalue weighted by Crippen LogP contribution is -2.59. The highest BCUT2D eigenvalue weighted by Gasteiger charge is 2.53. The molecular weight excluding hydrogens is 336 g/mol. The zero-order valence-corrected chi connectivity index (χ0v) is 15.4. The van der Waals surface area contributed by atoms with E-state index in [1.54, 1.807) is 6.07 Å². The first-order valence-electron chi connectivity index (χ1n) is 8.60. The Morgan fingerprint density at radius 2 is 2.00 bits per heavy atom. The molecule has 0 aromatic heterocycles. The van der Waals surface area contributed by atoms with Gasteiger partial charge in [-0.1, -0.05) is 31.5 Å². The molecule has 1 unspecified atom stereocenters. The molecule has 0 heterocycles. The predicted octanol–water partition coefficient (Wildman–Crippen LogP) is 3.62. The summed E-state index contributed by atoms with van der Waals surface area (Å²) in [7, 11) is 0. The number of amides is 2. The molecule has 4 nitrogen and oxygen atoms in total. The Balaban J connectivity index is 2.08. The molecule has 1 aromatic carbocycles. The minimum atomic E-state index is -1.11. The quantitative estimate of drug-likeness (QED) is 0.835. The largest absolute Gasteiger partial charge is 0.368 e. The summed E-state index contributed by atoms with van der Waals surface area (Å²) in [5, 5.41) is 0.603. The molecule has 2 aliphatic rings. The van der Waals surface area contributed by atoms with Crippen molar-refractivity contribution in [2.45, 2.75) is 57.4 Å². The van der Waals surface area contributed by atoms with Gasteiger partial charge in [-0.05, 0) is 67.1 Å². The van der Waals surface area contributed by atoms with Crippen LogP contribution in [0.2, 0.25) is 5.02 Å². The van der Waals surface area contributed by atoms with E-state index in [4.69, 9.17) is 23.8 Å². The zero-order chi connectivity index (χ0) is 18.4. The summed E-state index contributed by atoms with van der Waals surface area (Å²) in [5.41, 5.74) is 6.18. The van der Waals surface area contributed by atoms with Gasteiger partial charge in [-0.15, -0.1) is 6.42 Å². The second-order valence-corrected chi connectivity index (χ2v) is 8.41. The molecule has 1 aromatic rings. The Bertz CT molecular complexity index is 776. The second kappa shape index (κ2) is 6.07. The summed E-state index contributed by atoms with van der Waals surface area (Å²) in [6.07, 6.45) is 9.42. The van der Waals surface area contributed by atoms with Crippen LogP contribution in [0.5, 0.6) is 0 Å². The minimum Gasteiger partial charge on any atom is -0.368 e. The molecule has 0 bridgehead atoms. The molecule has 2 saturated carbocycles. The first kappa shape index (κ1) is 17.8. The zero-order valence-electron chi connectivity index (χ0n) is 14.6. The fourth-order valence-corrected chi connectivity index (χ4v) is 4.36. The van der Waals surface area contributed by atoms with Crippen LogP contribution in [0.4, 0.5) is 5.69 Å². The van der Waals surface area contributed by atoms with E-state index in [-0.39, 0.29) is 5.41 Å². The van der Waals surface area contributed by atoms with Crippen molar-refractivity contribution in [3.8, 4) is 12.3 Å². The van der Waals surface area contributed by atoms with Crippen molar-refractivity contribution in [2.75, 3.05) is 4.90 Å². The van der Waals surface area contributed by atoms with Crippen molar-refractivity contribution in [3.63, 3.8) is 0 Å². The molecule has 1 atom stereocenters. The molecule has 5 heteroatoms. The number of anilines is 1. The number of primary amides is 1. The number of carbonyl (C=O) groups excluding carboxylic acids is 2. The van der Waals surface area contributed by atoms with Crippen LogP contribution in [0.3, 0.4) is 0 Å². The third-order valence-electron chi connectivity index (χ3n) is 5.46. The molecule has 0 spiro atoms. The van der Waals surface area contributed by atoms with Crippen LogP contribution in [-0.4, -0.2) is 17.4 Å². The van der Waals surface area contributed by atoms with Gasteiger partial charge in [0.2, 0.25) is 5.91 Å². The number of nitrogens with two attached hydrogens (primary N) is 1. The lowest BCUT2D eigenvalue weighted by molar-refractivity contribution is -0.126. The highest BCUT2D eigenvalue weighted by atomic mass is 35.5. The standard InChI is InChI=1S/C20H23ClN2O2/c1-4-17(24)23(20(18(22)25)10-9-19(2,3)12-20)14-7-8-15(13-5-6-13)16(21)11-14/h1,7-8,11,13H,5-6,9-10,12H2,2-3H3,(H2,22,25). The maximum atomic E-state index is 12.6. The summed E-state index contributed by atoms with van der Waals surface area (Å²) >= 11 is 6.44. The van der Waals surface area contributed by atoms with Crippen molar-refractivity contribution in [2.24, 2.45) is 11.1 Å². The number of carbonyl (C=O) groups is 2. The molecule has 2 N–H and O–H groups in total. The highest BCUT2D eigenvalue weighted by Crippen LogP contribution is 2.49. The van der Waals surface area contributed by atoms with Crippen LogP contribution < -0.4 is 10.6 Å². The lowest BCUT2D eigenvalue weighted by atomic mass is 9.85. The Kier molecular flexibility index (Phi) is 4.33. The van der Waals surface area contributed by atoms with Crippen LogP contribution in [-0.2, 0) is 9.59 Å². The molecule has 3 rings (SSSR count). The second-order valence-electron chi connectivity index (χ2n) is 8.00. The Hall–Kier alpha value is -1.99. The Morgan fingerprint density at radius 1 is 1.32 bits per heavy atom. The van der Waals surface area contributed by atoms with E-state index < -0.39 is 17.4 Å². The molecular formula is C20H23ClN2O2. The van der Waals surface area contributed by atoms with Crippen LogP contribution in [0.15, 0.2) is 18.2 Å². The first-order valence-corrected chi connectivity index (χ1v) is 8.98. The predicted molar refractivity (Wildman–Crippen MR) is 99.3 cm³/mol. The van der Waals surface area contributed by atoms with E-state index in [9.17, 15) is 9.59 Å². The van der Waals surface area contributed by atoms with Crippen molar-refractivity contribution in [1.29, 1.82) is 0 Å². The minimum absolute atomic E-state index is 0.0973. The summed E-state index contributed by atoms with van der Waals surface area (Å²) < 4.78 is 0. The van der Waals surface area contributed by atoms with Gasteiger partial charge < -0.3 is 5.73 Å². The average Bonchev–Trinajstić information content (AvgIpc) is 3.32. The fourth-order valence-electron chi connectivity index (χ4n) is 4.03. The van der Waals surface area contributed by atoms with E-state index in [0.717, 1.165) is 24.8 Å². The van der Waals surface area contributed by atoms with E-state index in [0.29, 0.717) is 29.5 Å². The highest BCUT2D eigenvalue weighted by molar-refractivity contribution is 6.32. The molecule has 0 radical (unpaired) electrons. The monoisotopic (exact) mass is 358 g/mol. The van der Waals surface area contributed by atoms with E-state index >= 15 is 0 Å². The molecule has 2 aliphatic carbocycles. The normalized spacial score (nSPS) is 24.6. The summed E-state index contributed by atoms with van der Waals surface area (Å²) in [6.45, 7) is 4.14. The number of halogens is 1. The molecule has 132 valence electrons. The van der Waals surface area contributed by atoms with Crippen molar-refractivity contribution in [1.82, 2.24) is 0 Å². The number of hydrogen-bond acceptors (Lipinski definition) is 2. The van der Waals surface area contributed by atoms with Gasteiger partial charge in [-0.3, -0.25) is 14.5 Å². The van der Waals surface area contributed by atoms with Gasteiger partial charge in [0.25, 0.3) is 0 Å². The third-order valence-corrected chi connectivity index (χ3v) is 5.79. The van der Waals surface area contributed by atoms with Gasteiger partial charge in [-0.2, -0.15) is 0 Å². The molecule has 0 saturated heterocycles. The fraction of sp³-hybridized carbons (Fsp3) is 0.500. The van der Waals surface area contributed by atoms with Gasteiger partial charge in [0, 0.05) is 10.7 Å².